The summed E-state index contributed by atoms with van der Waals surface area (Å²) in [5.41, 5.74) is 4.14. The Hall–Kier alpha value is -2.86. The number of nitrogens with one attached hydrogen (secondary N) is 3. The Balaban J connectivity index is 1.68. The van der Waals surface area contributed by atoms with E-state index >= 15 is 0 Å². The van der Waals surface area contributed by atoms with Crippen LogP contribution in [0, 0.1) is 12.7 Å². The number of nitrogens with zero attached hydrogens (tertiary/aromatic N) is 1. The van der Waals surface area contributed by atoms with E-state index < -0.39 is 5.82 Å². The summed E-state index contributed by atoms with van der Waals surface area (Å²) in [5, 5.41) is 9.23. The van der Waals surface area contributed by atoms with Crippen LogP contribution in [0.15, 0.2) is 42.6 Å². The molecule has 1 heterocycles. The number of carbonyl (C=O) groups is 1. The van der Waals surface area contributed by atoms with E-state index in [-0.39, 0.29) is 5.91 Å². The molecule has 5 nitrogen and oxygen atoms in total. The Labute approximate surface area is 159 Å². The summed E-state index contributed by atoms with van der Waals surface area (Å²) < 4.78 is 14.1. The summed E-state index contributed by atoms with van der Waals surface area (Å²) in [5.74, 6) is -0.717. The first-order chi connectivity index (χ1) is 13.0. The lowest BCUT2D eigenvalue weighted by Crippen LogP contribution is -2.16. The van der Waals surface area contributed by atoms with Crippen molar-refractivity contribution in [1.82, 2.24) is 4.90 Å². The smallest absolute Gasteiger partial charge is 0.257 e. The largest absolute Gasteiger partial charge is 0.385 e. The van der Waals surface area contributed by atoms with Crippen LogP contribution in [-0.2, 0) is 4.79 Å². The molecule has 0 atom stereocenters. The molecule has 2 aromatic carbocycles. The lowest BCUT2D eigenvalue weighted by atomic mass is 10.1. The highest BCUT2D eigenvalue weighted by molar-refractivity contribution is 6.31. The molecule has 1 aliphatic rings. The maximum Gasteiger partial charge on any atom is 0.257 e. The highest BCUT2D eigenvalue weighted by atomic mass is 19.1. The number of hydrogen-bond acceptors (Lipinski definition) is 4. The van der Waals surface area contributed by atoms with E-state index in [1.165, 1.54) is 6.07 Å². The van der Waals surface area contributed by atoms with E-state index in [1.54, 1.807) is 18.3 Å². The zero-order chi connectivity index (χ0) is 19.4. The first kappa shape index (κ1) is 18.9. The van der Waals surface area contributed by atoms with Gasteiger partial charge in [0.15, 0.2) is 0 Å². The SMILES string of the molecule is Cc1cc(NC=C2C(=O)Nc3cccc(F)c32)ccc1NCCCN(C)C. The Kier molecular flexibility index (Phi) is 5.76. The third-order valence-corrected chi connectivity index (χ3v) is 4.48. The molecule has 142 valence electrons. The molecule has 0 unspecified atom stereocenters. The minimum Gasteiger partial charge on any atom is -0.385 e. The molecule has 6 heteroatoms. The van der Waals surface area contributed by atoms with Gasteiger partial charge in [0.2, 0.25) is 0 Å². The first-order valence-corrected chi connectivity index (χ1v) is 9.02. The number of halogens is 1. The number of aryl methyl sites for hydroxylation is 1. The van der Waals surface area contributed by atoms with E-state index in [0.717, 1.165) is 36.4 Å². The average Bonchev–Trinajstić information content (AvgIpc) is 2.94. The van der Waals surface area contributed by atoms with E-state index in [4.69, 9.17) is 0 Å². The normalized spacial score (nSPS) is 14.4. The number of rotatable bonds is 7. The summed E-state index contributed by atoms with van der Waals surface area (Å²) in [4.78, 5) is 14.3. The third-order valence-electron chi connectivity index (χ3n) is 4.48. The van der Waals surface area contributed by atoms with Crippen LogP contribution in [0.5, 0.6) is 0 Å². The van der Waals surface area contributed by atoms with Crippen molar-refractivity contribution in [3.63, 3.8) is 0 Å². The van der Waals surface area contributed by atoms with Crippen molar-refractivity contribution in [2.45, 2.75) is 13.3 Å². The number of hydrogen-bond donors (Lipinski definition) is 3. The minimum absolute atomic E-state index is 0.298. The molecular weight excluding hydrogens is 343 g/mol. The number of benzene rings is 2. The zero-order valence-electron chi connectivity index (χ0n) is 15.9. The molecule has 0 aromatic heterocycles. The second-order valence-electron chi connectivity index (χ2n) is 6.93. The predicted molar refractivity (Wildman–Crippen MR) is 109 cm³/mol. The number of fused-ring (bicyclic) bond motifs is 1. The van der Waals surface area contributed by atoms with Crippen molar-refractivity contribution in [2.75, 3.05) is 43.1 Å². The molecule has 2 aromatic rings. The van der Waals surface area contributed by atoms with Gasteiger partial charge >= 0.3 is 0 Å². The Bertz CT molecular complexity index is 876. The molecule has 1 amide bonds. The van der Waals surface area contributed by atoms with Gasteiger partial charge in [-0.25, -0.2) is 4.39 Å². The van der Waals surface area contributed by atoms with E-state index in [2.05, 4.69) is 34.9 Å². The summed E-state index contributed by atoms with van der Waals surface area (Å²) in [6, 6.07) is 10.6. The Morgan fingerprint density at radius 1 is 1.22 bits per heavy atom. The van der Waals surface area contributed by atoms with E-state index in [1.807, 2.05) is 25.1 Å². The Morgan fingerprint density at radius 2 is 2.04 bits per heavy atom. The highest BCUT2D eigenvalue weighted by Gasteiger charge is 2.27. The molecule has 0 radical (unpaired) electrons. The molecule has 1 aliphatic heterocycles. The fraction of sp³-hybridized carbons (Fsp3) is 0.286. The Morgan fingerprint density at radius 3 is 2.78 bits per heavy atom. The van der Waals surface area contributed by atoms with Gasteiger partial charge < -0.3 is 20.9 Å². The van der Waals surface area contributed by atoms with Crippen molar-refractivity contribution < 1.29 is 9.18 Å². The molecule has 0 saturated heterocycles. The maximum absolute atomic E-state index is 14.1. The summed E-state index contributed by atoms with van der Waals surface area (Å²) in [6.45, 7) is 3.98. The molecule has 0 aliphatic carbocycles. The fourth-order valence-electron chi connectivity index (χ4n) is 3.07. The van der Waals surface area contributed by atoms with Crippen molar-refractivity contribution in [3.8, 4) is 0 Å². The van der Waals surface area contributed by atoms with Gasteiger partial charge in [0, 0.05) is 29.7 Å². The van der Waals surface area contributed by atoms with Crippen LogP contribution in [0.2, 0.25) is 0 Å². The second-order valence-corrected chi connectivity index (χ2v) is 6.93. The van der Waals surface area contributed by atoms with Crippen LogP contribution in [0.25, 0.3) is 5.57 Å². The van der Waals surface area contributed by atoms with Gasteiger partial charge in [-0.05, 0) is 69.9 Å². The molecule has 3 rings (SSSR count). The number of amides is 1. The molecule has 0 fully saturated rings. The van der Waals surface area contributed by atoms with Gasteiger partial charge in [-0.15, -0.1) is 0 Å². The van der Waals surface area contributed by atoms with Gasteiger partial charge in [-0.2, -0.15) is 0 Å². The van der Waals surface area contributed by atoms with Gasteiger partial charge in [0.25, 0.3) is 5.91 Å². The van der Waals surface area contributed by atoms with Crippen molar-refractivity contribution >= 4 is 28.5 Å². The third kappa shape index (κ3) is 4.46. The standard InChI is InChI=1S/C21H25FN4O/c1-14-12-15(8-9-18(14)23-10-5-11-26(2)3)24-13-16-20-17(22)6-4-7-19(20)25-21(16)27/h4,6-9,12-13,23-24H,5,10-11H2,1-3H3,(H,25,27). The molecule has 0 spiro atoms. The van der Waals surface area contributed by atoms with Crippen LogP contribution in [0.1, 0.15) is 17.5 Å². The molecule has 3 N–H and O–H groups in total. The van der Waals surface area contributed by atoms with Crippen molar-refractivity contribution in [1.29, 1.82) is 0 Å². The highest BCUT2D eigenvalue weighted by Crippen LogP contribution is 2.33. The number of anilines is 3. The van der Waals surface area contributed by atoms with Crippen molar-refractivity contribution in [3.05, 3.63) is 59.5 Å². The van der Waals surface area contributed by atoms with Crippen LogP contribution in [0.3, 0.4) is 0 Å². The summed E-state index contributed by atoms with van der Waals surface area (Å²) in [6.07, 6.45) is 2.63. The molecule has 0 bridgehead atoms. The topological polar surface area (TPSA) is 56.4 Å². The molecule has 0 saturated carbocycles. The van der Waals surface area contributed by atoms with Gasteiger partial charge in [-0.3, -0.25) is 4.79 Å². The van der Waals surface area contributed by atoms with Gasteiger partial charge in [0.05, 0.1) is 11.3 Å². The van der Waals surface area contributed by atoms with Crippen LogP contribution < -0.4 is 16.0 Å². The lowest BCUT2D eigenvalue weighted by Gasteiger charge is -2.13. The molecular formula is C21H25FN4O. The lowest BCUT2D eigenvalue weighted by molar-refractivity contribution is -0.110. The van der Waals surface area contributed by atoms with Gasteiger partial charge in [-0.1, -0.05) is 6.07 Å². The molecule has 27 heavy (non-hydrogen) atoms. The summed E-state index contributed by atoms with van der Waals surface area (Å²) in [7, 11) is 4.13. The second kappa shape index (κ2) is 8.22. The monoisotopic (exact) mass is 368 g/mol. The van der Waals surface area contributed by atoms with Crippen LogP contribution in [-0.4, -0.2) is 38.0 Å². The zero-order valence-corrected chi connectivity index (χ0v) is 15.9. The van der Waals surface area contributed by atoms with E-state index in [9.17, 15) is 9.18 Å². The number of carbonyl (C=O) groups excluding carboxylic acids is 1. The fourth-order valence-corrected chi connectivity index (χ4v) is 3.07. The average molecular weight is 368 g/mol. The van der Waals surface area contributed by atoms with Crippen LogP contribution >= 0.6 is 0 Å². The summed E-state index contributed by atoms with van der Waals surface area (Å²) >= 11 is 0. The minimum atomic E-state index is -0.410. The maximum atomic E-state index is 14.1. The first-order valence-electron chi connectivity index (χ1n) is 9.02. The predicted octanol–water partition coefficient (Wildman–Crippen LogP) is 3.90. The van der Waals surface area contributed by atoms with E-state index in [0.29, 0.717) is 16.8 Å². The van der Waals surface area contributed by atoms with Crippen LogP contribution in [0.4, 0.5) is 21.5 Å². The van der Waals surface area contributed by atoms with Crippen molar-refractivity contribution in [2.24, 2.45) is 0 Å². The quantitative estimate of drug-likeness (QED) is 0.512. The van der Waals surface area contributed by atoms with Gasteiger partial charge in [0.1, 0.15) is 5.82 Å².